The van der Waals surface area contributed by atoms with Gasteiger partial charge in [-0.1, -0.05) is 60.7 Å². The van der Waals surface area contributed by atoms with Crippen molar-refractivity contribution in [3.63, 3.8) is 0 Å². The lowest BCUT2D eigenvalue weighted by Crippen LogP contribution is -2.19. The van der Waals surface area contributed by atoms with E-state index in [1.807, 2.05) is 60.7 Å². The lowest BCUT2D eigenvalue weighted by atomic mass is 10.1. The number of carbonyl (C=O) groups is 1. The van der Waals surface area contributed by atoms with E-state index in [0.717, 1.165) is 11.1 Å². The van der Waals surface area contributed by atoms with Crippen LogP contribution in [0.4, 0.5) is 0 Å². The zero-order valence-corrected chi connectivity index (χ0v) is 12.5. The second-order valence-corrected chi connectivity index (χ2v) is 4.90. The summed E-state index contributed by atoms with van der Waals surface area (Å²) in [6.45, 7) is 1.71. The molecule has 0 N–H and O–H groups in total. The van der Waals surface area contributed by atoms with Crippen LogP contribution in [-0.2, 0) is 20.9 Å². The number of thiocarbonyl (C=S) groups is 1. The third-order valence-electron chi connectivity index (χ3n) is 2.82. The van der Waals surface area contributed by atoms with E-state index in [1.54, 1.807) is 0 Å². The number of esters is 1. The van der Waals surface area contributed by atoms with E-state index in [2.05, 4.69) is 0 Å². The van der Waals surface area contributed by atoms with Crippen LogP contribution in [0.2, 0.25) is 0 Å². The van der Waals surface area contributed by atoms with Crippen molar-refractivity contribution in [3.05, 3.63) is 71.8 Å². The van der Waals surface area contributed by atoms with Gasteiger partial charge in [-0.05, 0) is 17.8 Å². The molecule has 21 heavy (non-hydrogen) atoms. The van der Waals surface area contributed by atoms with Crippen LogP contribution in [0.3, 0.4) is 0 Å². The van der Waals surface area contributed by atoms with Gasteiger partial charge in [0.1, 0.15) is 6.61 Å². The smallest absolute Gasteiger partial charge is 0.303 e. The Morgan fingerprint density at radius 2 is 1.62 bits per heavy atom. The Morgan fingerprint density at radius 3 is 2.19 bits per heavy atom. The molecular formula is C17H16O3S. The summed E-state index contributed by atoms with van der Waals surface area (Å²) in [5, 5.41) is 0.250. The molecule has 2 aromatic rings. The SMILES string of the molecule is CC(=O)O[C@H](C(=S)OCc1ccccc1)c1ccccc1. The molecule has 1 atom stereocenters. The monoisotopic (exact) mass is 300 g/mol. The first-order chi connectivity index (χ1) is 10.2. The Hall–Kier alpha value is -2.20. The van der Waals surface area contributed by atoms with E-state index in [1.165, 1.54) is 6.92 Å². The van der Waals surface area contributed by atoms with Crippen LogP contribution in [0.15, 0.2) is 60.7 Å². The van der Waals surface area contributed by atoms with Crippen molar-refractivity contribution in [1.29, 1.82) is 0 Å². The van der Waals surface area contributed by atoms with Crippen LogP contribution in [0, 0.1) is 0 Å². The first-order valence-electron chi connectivity index (χ1n) is 6.59. The summed E-state index contributed by atoms with van der Waals surface area (Å²) >= 11 is 5.28. The van der Waals surface area contributed by atoms with Gasteiger partial charge in [0.25, 0.3) is 0 Å². The van der Waals surface area contributed by atoms with Crippen LogP contribution in [0.25, 0.3) is 0 Å². The average Bonchev–Trinajstić information content (AvgIpc) is 2.52. The largest absolute Gasteiger partial charge is 0.479 e. The van der Waals surface area contributed by atoms with Crippen molar-refractivity contribution in [1.82, 2.24) is 0 Å². The third kappa shape index (κ3) is 4.68. The molecule has 0 spiro atoms. The summed E-state index contributed by atoms with van der Waals surface area (Å²) in [6, 6.07) is 19.0. The second kappa shape index (κ2) is 7.55. The third-order valence-corrected chi connectivity index (χ3v) is 3.16. The minimum absolute atomic E-state index is 0.250. The summed E-state index contributed by atoms with van der Waals surface area (Å²) in [7, 11) is 0. The minimum Gasteiger partial charge on any atom is -0.479 e. The Labute approximate surface area is 129 Å². The number of carbonyl (C=O) groups excluding carboxylic acids is 1. The van der Waals surface area contributed by atoms with Crippen molar-refractivity contribution in [3.8, 4) is 0 Å². The molecule has 2 aromatic carbocycles. The molecule has 0 aliphatic heterocycles. The quantitative estimate of drug-likeness (QED) is 0.621. The summed E-state index contributed by atoms with van der Waals surface area (Å²) in [6.07, 6.45) is -0.664. The van der Waals surface area contributed by atoms with E-state index in [9.17, 15) is 4.79 Å². The number of ether oxygens (including phenoxy) is 2. The van der Waals surface area contributed by atoms with Gasteiger partial charge in [-0.25, -0.2) is 0 Å². The van der Waals surface area contributed by atoms with Crippen molar-refractivity contribution in [2.24, 2.45) is 0 Å². The highest BCUT2D eigenvalue weighted by molar-refractivity contribution is 7.80. The standard InChI is InChI=1S/C17H16O3S/c1-13(18)20-16(15-10-6-3-7-11-15)17(21)19-12-14-8-4-2-5-9-14/h2-11,16H,12H2,1H3/t16-/m0/s1. The van der Waals surface area contributed by atoms with Crippen LogP contribution in [0.1, 0.15) is 24.2 Å². The Kier molecular flexibility index (Phi) is 5.46. The summed E-state index contributed by atoms with van der Waals surface area (Å²) in [4.78, 5) is 11.3. The lowest BCUT2D eigenvalue weighted by Gasteiger charge is -2.19. The molecule has 0 saturated heterocycles. The summed E-state index contributed by atoms with van der Waals surface area (Å²) in [5.41, 5.74) is 1.81. The van der Waals surface area contributed by atoms with Gasteiger partial charge in [-0.2, -0.15) is 0 Å². The fourth-order valence-electron chi connectivity index (χ4n) is 1.85. The second-order valence-electron chi connectivity index (χ2n) is 4.49. The van der Waals surface area contributed by atoms with Crippen LogP contribution in [0.5, 0.6) is 0 Å². The van der Waals surface area contributed by atoms with E-state index in [-0.39, 0.29) is 5.05 Å². The van der Waals surface area contributed by atoms with Gasteiger partial charge >= 0.3 is 5.97 Å². The van der Waals surface area contributed by atoms with Crippen LogP contribution < -0.4 is 0 Å². The van der Waals surface area contributed by atoms with E-state index < -0.39 is 12.1 Å². The molecular weight excluding hydrogens is 284 g/mol. The molecule has 2 rings (SSSR count). The van der Waals surface area contributed by atoms with E-state index in [0.29, 0.717) is 6.61 Å². The maximum absolute atomic E-state index is 11.3. The van der Waals surface area contributed by atoms with Crippen molar-refractivity contribution >= 4 is 23.2 Å². The molecule has 0 radical (unpaired) electrons. The van der Waals surface area contributed by atoms with Crippen molar-refractivity contribution in [2.45, 2.75) is 19.6 Å². The van der Waals surface area contributed by atoms with Gasteiger partial charge in [0.15, 0.2) is 6.10 Å². The Morgan fingerprint density at radius 1 is 1.05 bits per heavy atom. The van der Waals surface area contributed by atoms with Gasteiger partial charge in [0, 0.05) is 12.5 Å². The average molecular weight is 300 g/mol. The molecule has 0 amide bonds. The normalized spacial score (nSPS) is 11.5. The fourth-order valence-corrected chi connectivity index (χ4v) is 2.09. The number of rotatable bonds is 5. The molecule has 0 aliphatic rings. The number of benzene rings is 2. The highest BCUT2D eigenvalue weighted by atomic mass is 32.1. The molecule has 0 heterocycles. The number of hydrogen-bond acceptors (Lipinski definition) is 4. The van der Waals surface area contributed by atoms with Crippen LogP contribution in [-0.4, -0.2) is 11.0 Å². The van der Waals surface area contributed by atoms with E-state index >= 15 is 0 Å². The minimum atomic E-state index is -0.664. The van der Waals surface area contributed by atoms with Gasteiger partial charge in [-0.15, -0.1) is 0 Å². The molecule has 0 aliphatic carbocycles. The molecule has 3 nitrogen and oxygen atoms in total. The molecule has 0 saturated carbocycles. The first kappa shape index (κ1) is 15.2. The van der Waals surface area contributed by atoms with Gasteiger partial charge in [0.2, 0.25) is 5.05 Å². The zero-order chi connectivity index (χ0) is 15.1. The van der Waals surface area contributed by atoms with E-state index in [4.69, 9.17) is 21.7 Å². The Balaban J connectivity index is 2.06. The first-order valence-corrected chi connectivity index (χ1v) is 7.00. The highest BCUT2D eigenvalue weighted by Crippen LogP contribution is 2.21. The van der Waals surface area contributed by atoms with Gasteiger partial charge < -0.3 is 9.47 Å². The van der Waals surface area contributed by atoms with Gasteiger partial charge in [-0.3, -0.25) is 4.79 Å². The summed E-state index contributed by atoms with van der Waals surface area (Å²) < 4.78 is 10.9. The van der Waals surface area contributed by atoms with Crippen molar-refractivity contribution < 1.29 is 14.3 Å². The highest BCUT2D eigenvalue weighted by Gasteiger charge is 2.21. The maximum atomic E-state index is 11.3. The molecule has 108 valence electrons. The van der Waals surface area contributed by atoms with Crippen molar-refractivity contribution in [2.75, 3.05) is 0 Å². The summed E-state index contributed by atoms with van der Waals surface area (Å²) in [5.74, 6) is -0.394. The van der Waals surface area contributed by atoms with Gasteiger partial charge in [0.05, 0.1) is 0 Å². The lowest BCUT2D eigenvalue weighted by molar-refractivity contribution is -0.144. The fraction of sp³-hybridized carbons (Fsp3) is 0.176. The maximum Gasteiger partial charge on any atom is 0.303 e. The number of hydrogen-bond donors (Lipinski definition) is 0. The zero-order valence-electron chi connectivity index (χ0n) is 11.7. The molecule has 4 heteroatoms. The van der Waals surface area contributed by atoms with Crippen LogP contribution >= 0.6 is 12.2 Å². The molecule has 0 bridgehead atoms. The molecule has 0 aromatic heterocycles. The topological polar surface area (TPSA) is 35.5 Å². The molecule has 0 fully saturated rings. The predicted molar refractivity (Wildman–Crippen MR) is 84.8 cm³/mol. The Bertz CT molecular complexity index is 596. The molecule has 0 unspecified atom stereocenters. The predicted octanol–water partition coefficient (Wildman–Crippen LogP) is 3.84.